The molecule has 0 aliphatic heterocycles. The van der Waals surface area contributed by atoms with Crippen molar-refractivity contribution in [2.24, 2.45) is 40.9 Å². The van der Waals surface area contributed by atoms with Gasteiger partial charge in [-0.2, -0.15) is 0 Å². The summed E-state index contributed by atoms with van der Waals surface area (Å²) in [4.78, 5) is 0. The van der Waals surface area contributed by atoms with Crippen molar-refractivity contribution in [3.8, 4) is 0 Å². The Balaban J connectivity index is 0.000000123. The zero-order valence-corrected chi connectivity index (χ0v) is 13.7. The monoisotopic (exact) mass is 290 g/mol. The molecule has 0 spiro atoms. The van der Waals surface area contributed by atoms with Crippen molar-refractivity contribution in [2.45, 2.75) is 91.9 Å². The third-order valence-corrected chi connectivity index (χ3v) is 8.21. The Bertz CT molecular complexity index is 329. The molecule has 0 heterocycles. The van der Waals surface area contributed by atoms with Crippen LogP contribution in [0.3, 0.4) is 0 Å². The molecule has 0 aromatic heterocycles. The smallest absolute Gasteiger partial charge is 0.0298 e. The number of hydrogen-bond donors (Lipinski definition) is 0. The normalized spacial score (nSPS) is 52.9. The van der Waals surface area contributed by atoms with E-state index in [-0.39, 0.29) is 7.43 Å². The van der Waals surface area contributed by atoms with Gasteiger partial charge in [-0.25, -0.2) is 0 Å². The highest BCUT2D eigenvalue weighted by Crippen LogP contribution is 2.59. The van der Waals surface area contributed by atoms with Gasteiger partial charge in [0.25, 0.3) is 0 Å². The molecule has 21 heavy (non-hydrogen) atoms. The van der Waals surface area contributed by atoms with Crippen LogP contribution in [0.15, 0.2) is 0 Å². The fourth-order valence-electron chi connectivity index (χ4n) is 7.17. The summed E-state index contributed by atoms with van der Waals surface area (Å²) in [6, 6.07) is 0. The van der Waals surface area contributed by atoms with Gasteiger partial charge in [0, 0.05) is 0 Å². The van der Waals surface area contributed by atoms with Crippen LogP contribution in [0.2, 0.25) is 0 Å². The molecule has 0 amide bonds. The number of fused-ring (bicyclic) bond motifs is 6. The lowest BCUT2D eigenvalue weighted by Gasteiger charge is -2.23. The molecule has 0 aromatic rings. The van der Waals surface area contributed by atoms with Gasteiger partial charge in [-0.15, -0.1) is 0 Å². The van der Waals surface area contributed by atoms with E-state index in [1.807, 2.05) is 0 Å². The highest BCUT2D eigenvalue weighted by atomic mass is 14.6. The van der Waals surface area contributed by atoms with Gasteiger partial charge in [0.1, 0.15) is 0 Å². The summed E-state index contributed by atoms with van der Waals surface area (Å²) in [6.07, 6.45) is 17.1. The second-order valence-corrected chi connectivity index (χ2v) is 9.37. The van der Waals surface area contributed by atoms with Crippen LogP contribution in [0.25, 0.3) is 0 Å². The maximum Gasteiger partial charge on any atom is -0.0298 e. The highest BCUT2D eigenvalue weighted by Gasteiger charge is 2.50. The Morgan fingerprint density at radius 3 is 1.76 bits per heavy atom. The summed E-state index contributed by atoms with van der Waals surface area (Å²) in [7, 11) is 0. The third-order valence-electron chi connectivity index (χ3n) is 8.21. The highest BCUT2D eigenvalue weighted by molar-refractivity contribution is 5.00. The van der Waals surface area contributed by atoms with Crippen molar-refractivity contribution < 1.29 is 0 Å². The molecule has 2 bridgehead atoms. The Labute approximate surface area is 133 Å². The van der Waals surface area contributed by atoms with Gasteiger partial charge in [0.2, 0.25) is 0 Å². The second-order valence-electron chi connectivity index (χ2n) is 9.37. The van der Waals surface area contributed by atoms with E-state index >= 15 is 0 Å². The lowest BCUT2D eigenvalue weighted by atomic mass is 9.82. The first kappa shape index (κ1) is 15.9. The van der Waals surface area contributed by atoms with Crippen LogP contribution in [0, 0.1) is 40.9 Å². The molecule has 0 nitrogen and oxygen atoms in total. The lowest BCUT2D eigenvalue weighted by molar-refractivity contribution is 0.259. The minimum Gasteiger partial charge on any atom is -0.0776 e. The van der Waals surface area contributed by atoms with Gasteiger partial charge in [0.15, 0.2) is 0 Å². The molecule has 5 fully saturated rings. The van der Waals surface area contributed by atoms with Gasteiger partial charge in [0.05, 0.1) is 0 Å². The fraction of sp³-hybridized carbons (Fsp3) is 1.00. The van der Waals surface area contributed by atoms with E-state index in [9.17, 15) is 0 Å². The summed E-state index contributed by atoms with van der Waals surface area (Å²) < 4.78 is 0. The van der Waals surface area contributed by atoms with E-state index in [0.717, 1.165) is 17.3 Å². The average Bonchev–Trinajstić information content (AvgIpc) is 3.11. The molecule has 5 saturated carbocycles. The molecule has 4 unspecified atom stereocenters. The Morgan fingerprint density at radius 1 is 0.762 bits per heavy atom. The van der Waals surface area contributed by atoms with Crippen LogP contribution >= 0.6 is 0 Å². The molecule has 0 aromatic carbocycles. The number of hydrogen-bond acceptors (Lipinski definition) is 0. The Kier molecular flexibility index (Phi) is 4.46. The van der Waals surface area contributed by atoms with Crippen LogP contribution < -0.4 is 0 Å². The van der Waals surface area contributed by atoms with Crippen molar-refractivity contribution in [1.82, 2.24) is 0 Å². The van der Waals surface area contributed by atoms with Crippen LogP contribution in [0.5, 0.6) is 0 Å². The SMILES string of the molecule is C.CC12CCCC1CCC2.CC1CC2C3CCC(C3)C2C1. The molecule has 4 atom stereocenters. The Hall–Kier alpha value is 0. The van der Waals surface area contributed by atoms with Gasteiger partial charge in [-0.3, -0.25) is 0 Å². The molecular formula is C21H38. The quantitative estimate of drug-likeness (QED) is 0.466. The van der Waals surface area contributed by atoms with Crippen LogP contribution in [0.1, 0.15) is 91.9 Å². The molecular weight excluding hydrogens is 252 g/mol. The average molecular weight is 291 g/mol. The van der Waals surface area contributed by atoms with Crippen molar-refractivity contribution in [2.75, 3.05) is 0 Å². The lowest BCUT2D eigenvalue weighted by Crippen LogP contribution is -2.15. The van der Waals surface area contributed by atoms with Gasteiger partial charge in [-0.05, 0) is 98.7 Å². The third kappa shape index (κ3) is 2.70. The van der Waals surface area contributed by atoms with Crippen molar-refractivity contribution >= 4 is 0 Å². The first-order chi connectivity index (χ1) is 9.66. The topological polar surface area (TPSA) is 0 Å². The van der Waals surface area contributed by atoms with Crippen molar-refractivity contribution in [1.29, 1.82) is 0 Å². The molecule has 0 radical (unpaired) electrons. The van der Waals surface area contributed by atoms with Crippen LogP contribution in [-0.4, -0.2) is 0 Å². The summed E-state index contributed by atoms with van der Waals surface area (Å²) in [6.45, 7) is 4.95. The van der Waals surface area contributed by atoms with Crippen LogP contribution in [0.4, 0.5) is 0 Å². The second kappa shape index (κ2) is 5.89. The van der Waals surface area contributed by atoms with Gasteiger partial charge < -0.3 is 0 Å². The predicted octanol–water partition coefficient (Wildman–Crippen LogP) is 6.69. The fourth-order valence-corrected chi connectivity index (χ4v) is 7.17. The minimum atomic E-state index is 0. The first-order valence-corrected chi connectivity index (χ1v) is 9.66. The summed E-state index contributed by atoms with van der Waals surface area (Å²) in [5.74, 6) is 6.91. The number of rotatable bonds is 0. The van der Waals surface area contributed by atoms with Crippen molar-refractivity contribution in [3.63, 3.8) is 0 Å². The minimum absolute atomic E-state index is 0. The predicted molar refractivity (Wildman–Crippen MR) is 92.2 cm³/mol. The summed E-state index contributed by atoms with van der Waals surface area (Å²) in [5.41, 5.74) is 0.806. The molecule has 5 rings (SSSR count). The summed E-state index contributed by atoms with van der Waals surface area (Å²) >= 11 is 0. The van der Waals surface area contributed by atoms with E-state index in [1.54, 1.807) is 32.1 Å². The maximum atomic E-state index is 2.50. The van der Waals surface area contributed by atoms with E-state index in [2.05, 4.69) is 13.8 Å². The van der Waals surface area contributed by atoms with Crippen molar-refractivity contribution in [3.05, 3.63) is 0 Å². The zero-order chi connectivity index (χ0) is 13.7. The maximum absolute atomic E-state index is 2.50. The summed E-state index contributed by atoms with van der Waals surface area (Å²) in [5, 5.41) is 0. The molecule has 122 valence electrons. The molecule has 5 aliphatic carbocycles. The van der Waals surface area contributed by atoms with Gasteiger partial charge in [-0.1, -0.05) is 34.1 Å². The molecule has 0 heteroatoms. The van der Waals surface area contributed by atoms with E-state index < -0.39 is 0 Å². The first-order valence-electron chi connectivity index (χ1n) is 9.66. The van der Waals surface area contributed by atoms with E-state index in [0.29, 0.717) is 0 Å². The van der Waals surface area contributed by atoms with Gasteiger partial charge >= 0.3 is 0 Å². The largest absolute Gasteiger partial charge is 0.0776 e. The zero-order valence-electron chi connectivity index (χ0n) is 13.7. The van der Waals surface area contributed by atoms with E-state index in [4.69, 9.17) is 0 Å². The van der Waals surface area contributed by atoms with Crippen LogP contribution in [-0.2, 0) is 0 Å². The van der Waals surface area contributed by atoms with E-state index in [1.165, 1.54) is 62.2 Å². The Morgan fingerprint density at radius 2 is 1.29 bits per heavy atom. The standard InChI is InChI=1S/C11H18.C9H16.CH4/c1-7-4-10-8-2-3-9(6-8)11(10)5-7;1-9-6-2-4-8(9)5-3-7-9;/h7-11H,2-6H2,1H3;8H,2-7H2,1H3;1H4. The molecule has 0 N–H and O–H groups in total. The molecule has 5 aliphatic rings. The molecule has 0 saturated heterocycles.